The Morgan fingerprint density at radius 1 is 1.50 bits per heavy atom. The highest BCUT2D eigenvalue weighted by Gasteiger charge is 2.09. The van der Waals surface area contributed by atoms with Crippen molar-refractivity contribution in [3.05, 3.63) is 35.1 Å². The highest BCUT2D eigenvalue weighted by Crippen LogP contribution is 2.27. The summed E-state index contributed by atoms with van der Waals surface area (Å²) in [5, 5.41) is 11.5. The number of carbonyl (C=O) groups is 1. The van der Waals surface area contributed by atoms with Crippen molar-refractivity contribution < 1.29 is 9.90 Å². The molecule has 0 aliphatic heterocycles. The smallest absolute Gasteiger partial charge is 0.303 e. The van der Waals surface area contributed by atoms with Gasteiger partial charge in [-0.3, -0.25) is 9.78 Å². The van der Waals surface area contributed by atoms with Crippen molar-refractivity contribution in [2.45, 2.75) is 26.2 Å². The number of nitrogens with zero attached hydrogens (tertiary/aromatic N) is 2. The molecule has 2 rings (SSSR count). The summed E-state index contributed by atoms with van der Waals surface area (Å²) < 4.78 is 0. The van der Waals surface area contributed by atoms with E-state index in [1.807, 2.05) is 17.6 Å². The van der Waals surface area contributed by atoms with Crippen LogP contribution in [0.5, 0.6) is 0 Å². The molecule has 0 unspecified atom stereocenters. The van der Waals surface area contributed by atoms with Crippen LogP contribution in [0.1, 0.15) is 24.6 Å². The van der Waals surface area contributed by atoms with Crippen LogP contribution in [0.4, 0.5) is 0 Å². The SMILES string of the molecule is CCc1cnccc1-c1nc(CCC(=O)O)cs1. The first-order valence-corrected chi connectivity index (χ1v) is 6.68. The van der Waals surface area contributed by atoms with Crippen LogP contribution in [-0.2, 0) is 17.6 Å². The van der Waals surface area contributed by atoms with Gasteiger partial charge in [0.1, 0.15) is 5.01 Å². The van der Waals surface area contributed by atoms with Gasteiger partial charge in [0.2, 0.25) is 0 Å². The number of rotatable bonds is 5. The number of hydrogen-bond acceptors (Lipinski definition) is 4. The lowest BCUT2D eigenvalue weighted by atomic mass is 10.1. The van der Waals surface area contributed by atoms with Gasteiger partial charge in [0, 0.05) is 29.8 Å². The Morgan fingerprint density at radius 2 is 2.33 bits per heavy atom. The Morgan fingerprint density at radius 3 is 3.06 bits per heavy atom. The molecule has 0 saturated heterocycles. The Labute approximate surface area is 109 Å². The molecule has 0 saturated carbocycles. The molecule has 0 amide bonds. The summed E-state index contributed by atoms with van der Waals surface area (Å²) in [4.78, 5) is 19.1. The summed E-state index contributed by atoms with van der Waals surface area (Å²) in [6.45, 7) is 2.08. The van der Waals surface area contributed by atoms with Gasteiger partial charge in [0.05, 0.1) is 12.1 Å². The molecule has 2 aromatic heterocycles. The van der Waals surface area contributed by atoms with Crippen LogP contribution in [0, 0.1) is 0 Å². The zero-order valence-electron chi connectivity index (χ0n) is 10.1. The van der Waals surface area contributed by atoms with Crippen LogP contribution >= 0.6 is 11.3 Å². The zero-order chi connectivity index (χ0) is 13.0. The number of pyridine rings is 1. The number of aromatic nitrogens is 2. The normalized spacial score (nSPS) is 10.5. The van der Waals surface area contributed by atoms with Gasteiger partial charge in [-0.25, -0.2) is 4.98 Å². The molecule has 0 aliphatic rings. The number of aryl methyl sites for hydroxylation is 2. The molecular formula is C13H14N2O2S. The largest absolute Gasteiger partial charge is 0.481 e. The molecule has 5 heteroatoms. The van der Waals surface area contributed by atoms with E-state index in [-0.39, 0.29) is 6.42 Å². The zero-order valence-corrected chi connectivity index (χ0v) is 10.9. The summed E-state index contributed by atoms with van der Waals surface area (Å²) in [5.74, 6) is -0.789. The molecular weight excluding hydrogens is 248 g/mol. The van der Waals surface area contributed by atoms with Crippen LogP contribution in [0.3, 0.4) is 0 Å². The van der Waals surface area contributed by atoms with Crippen molar-refractivity contribution in [1.29, 1.82) is 0 Å². The van der Waals surface area contributed by atoms with Crippen LogP contribution in [0.25, 0.3) is 10.6 Å². The fourth-order valence-electron chi connectivity index (χ4n) is 1.70. The fraction of sp³-hybridized carbons (Fsp3) is 0.308. The standard InChI is InChI=1S/C13H14N2O2S/c1-2-9-7-14-6-5-11(9)13-15-10(8-18-13)3-4-12(16)17/h5-8H,2-4H2,1H3,(H,16,17). The van der Waals surface area contributed by atoms with E-state index in [0.717, 1.165) is 28.2 Å². The van der Waals surface area contributed by atoms with Crippen molar-refractivity contribution in [1.82, 2.24) is 9.97 Å². The van der Waals surface area contributed by atoms with Crippen LogP contribution in [0.2, 0.25) is 0 Å². The van der Waals surface area contributed by atoms with Gasteiger partial charge in [-0.05, 0) is 18.1 Å². The van der Waals surface area contributed by atoms with Gasteiger partial charge in [0.25, 0.3) is 0 Å². The highest BCUT2D eigenvalue weighted by molar-refractivity contribution is 7.13. The van der Waals surface area contributed by atoms with E-state index < -0.39 is 5.97 Å². The minimum absolute atomic E-state index is 0.125. The van der Waals surface area contributed by atoms with Crippen LogP contribution in [-0.4, -0.2) is 21.0 Å². The maximum atomic E-state index is 10.5. The fourth-order valence-corrected chi connectivity index (χ4v) is 2.61. The highest BCUT2D eigenvalue weighted by atomic mass is 32.1. The molecule has 2 aromatic rings. The predicted molar refractivity (Wildman–Crippen MR) is 70.7 cm³/mol. The van der Waals surface area contributed by atoms with Gasteiger partial charge in [-0.1, -0.05) is 6.92 Å². The van der Waals surface area contributed by atoms with E-state index in [0.29, 0.717) is 6.42 Å². The molecule has 4 nitrogen and oxygen atoms in total. The van der Waals surface area contributed by atoms with Crippen LogP contribution in [0.15, 0.2) is 23.8 Å². The summed E-state index contributed by atoms with van der Waals surface area (Å²) in [6.07, 6.45) is 5.13. The predicted octanol–water partition coefficient (Wildman–Crippen LogP) is 2.78. The van der Waals surface area contributed by atoms with Gasteiger partial charge in [0.15, 0.2) is 0 Å². The summed E-state index contributed by atoms with van der Waals surface area (Å²) in [7, 11) is 0. The molecule has 0 spiro atoms. The van der Waals surface area contributed by atoms with E-state index in [9.17, 15) is 4.79 Å². The number of aliphatic carboxylic acids is 1. The first kappa shape index (κ1) is 12.7. The monoisotopic (exact) mass is 262 g/mol. The molecule has 0 fully saturated rings. The lowest BCUT2D eigenvalue weighted by Crippen LogP contribution is -1.97. The third-order valence-corrected chi connectivity index (χ3v) is 3.59. The molecule has 0 radical (unpaired) electrons. The molecule has 0 atom stereocenters. The second-order valence-corrected chi connectivity index (χ2v) is 4.78. The van der Waals surface area contributed by atoms with E-state index in [1.165, 1.54) is 0 Å². The molecule has 94 valence electrons. The summed E-state index contributed by atoms with van der Waals surface area (Å²) in [6, 6.07) is 1.96. The third kappa shape index (κ3) is 2.92. The maximum Gasteiger partial charge on any atom is 0.303 e. The number of carboxylic acids is 1. The molecule has 1 N–H and O–H groups in total. The summed E-state index contributed by atoms with van der Waals surface area (Å²) >= 11 is 1.55. The van der Waals surface area contributed by atoms with Gasteiger partial charge >= 0.3 is 5.97 Å². The Hall–Kier alpha value is -1.75. The first-order chi connectivity index (χ1) is 8.70. The van der Waals surface area contributed by atoms with Crippen molar-refractivity contribution in [2.75, 3.05) is 0 Å². The Balaban J connectivity index is 2.21. The molecule has 2 heterocycles. The molecule has 0 bridgehead atoms. The van der Waals surface area contributed by atoms with Crippen molar-refractivity contribution in [2.24, 2.45) is 0 Å². The van der Waals surface area contributed by atoms with E-state index in [4.69, 9.17) is 5.11 Å². The van der Waals surface area contributed by atoms with Crippen molar-refractivity contribution in [3.63, 3.8) is 0 Å². The molecule has 0 aromatic carbocycles. The van der Waals surface area contributed by atoms with E-state index >= 15 is 0 Å². The lowest BCUT2D eigenvalue weighted by Gasteiger charge is -2.02. The van der Waals surface area contributed by atoms with Crippen LogP contribution < -0.4 is 0 Å². The molecule has 18 heavy (non-hydrogen) atoms. The average molecular weight is 262 g/mol. The second kappa shape index (κ2) is 5.73. The number of thiazole rings is 1. The first-order valence-electron chi connectivity index (χ1n) is 5.80. The average Bonchev–Trinajstić information content (AvgIpc) is 2.85. The second-order valence-electron chi connectivity index (χ2n) is 3.92. The topological polar surface area (TPSA) is 63.1 Å². The van der Waals surface area contributed by atoms with Crippen molar-refractivity contribution >= 4 is 17.3 Å². The van der Waals surface area contributed by atoms with Gasteiger partial charge < -0.3 is 5.11 Å². The Bertz CT molecular complexity index is 551. The number of hydrogen-bond donors (Lipinski definition) is 1. The van der Waals surface area contributed by atoms with E-state index in [2.05, 4.69) is 16.9 Å². The van der Waals surface area contributed by atoms with Gasteiger partial charge in [-0.15, -0.1) is 11.3 Å². The minimum Gasteiger partial charge on any atom is -0.481 e. The van der Waals surface area contributed by atoms with E-state index in [1.54, 1.807) is 17.5 Å². The maximum absolute atomic E-state index is 10.5. The van der Waals surface area contributed by atoms with Gasteiger partial charge in [-0.2, -0.15) is 0 Å². The quantitative estimate of drug-likeness (QED) is 0.900. The number of carboxylic acid groups (broad SMARTS) is 1. The third-order valence-electron chi connectivity index (χ3n) is 2.66. The summed E-state index contributed by atoms with van der Waals surface area (Å²) in [5.41, 5.74) is 3.10. The lowest BCUT2D eigenvalue weighted by molar-refractivity contribution is -0.136. The Kier molecular flexibility index (Phi) is 4.04. The minimum atomic E-state index is -0.789. The molecule has 0 aliphatic carbocycles. The van der Waals surface area contributed by atoms with Crippen molar-refractivity contribution in [3.8, 4) is 10.6 Å².